The molecule has 0 aliphatic heterocycles. The van der Waals surface area contributed by atoms with Gasteiger partial charge in [-0.1, -0.05) is 29.8 Å². The maximum atomic E-state index is 13.6. The van der Waals surface area contributed by atoms with Gasteiger partial charge in [-0.15, -0.1) is 11.3 Å². The van der Waals surface area contributed by atoms with Crippen molar-refractivity contribution in [3.05, 3.63) is 63.7 Å². The molecule has 3 rings (SSSR count). The number of thiocarbonyl (C=S) groups is 1. The van der Waals surface area contributed by atoms with E-state index in [1.54, 1.807) is 24.3 Å². The molecule has 0 saturated carbocycles. The summed E-state index contributed by atoms with van der Waals surface area (Å²) in [6, 6.07) is 12.0. The summed E-state index contributed by atoms with van der Waals surface area (Å²) >= 11 is 12.7. The van der Waals surface area contributed by atoms with Crippen LogP contribution in [-0.4, -0.2) is 18.2 Å². The zero-order chi connectivity index (χ0) is 18.7. The van der Waals surface area contributed by atoms with Crippen LogP contribution in [0, 0.1) is 5.82 Å². The average molecular weight is 409 g/mol. The second-order valence-electron chi connectivity index (χ2n) is 5.35. The predicted octanol–water partition coefficient (Wildman–Crippen LogP) is 4.97. The van der Waals surface area contributed by atoms with Gasteiger partial charge in [0.1, 0.15) is 10.7 Å². The van der Waals surface area contributed by atoms with E-state index < -0.39 is 5.97 Å². The van der Waals surface area contributed by atoms with Crippen molar-refractivity contribution >= 4 is 62.0 Å². The Hall–Kier alpha value is -2.22. The fourth-order valence-corrected chi connectivity index (χ4v) is 4.02. The number of benzene rings is 2. The SMILES string of the molecule is COC(=O)c1sc2cc(NC(=S)NCc3ccccc3F)ccc2c1Cl. The normalized spacial score (nSPS) is 10.6. The Labute approximate surface area is 163 Å². The maximum absolute atomic E-state index is 13.6. The van der Waals surface area contributed by atoms with Crippen molar-refractivity contribution in [3.63, 3.8) is 0 Å². The molecule has 0 saturated heterocycles. The van der Waals surface area contributed by atoms with E-state index in [0.29, 0.717) is 20.6 Å². The number of hydrogen-bond donors (Lipinski definition) is 2. The zero-order valence-corrected chi connectivity index (χ0v) is 16.0. The van der Waals surface area contributed by atoms with Gasteiger partial charge >= 0.3 is 5.97 Å². The number of halogens is 2. The van der Waals surface area contributed by atoms with Crippen LogP contribution < -0.4 is 10.6 Å². The van der Waals surface area contributed by atoms with Crippen LogP contribution in [0.3, 0.4) is 0 Å². The second-order valence-corrected chi connectivity index (χ2v) is 7.19. The van der Waals surface area contributed by atoms with Crippen LogP contribution in [0.25, 0.3) is 10.1 Å². The Bertz CT molecular complexity index is 990. The molecule has 2 aromatic carbocycles. The van der Waals surface area contributed by atoms with E-state index in [0.717, 1.165) is 15.8 Å². The molecule has 0 bridgehead atoms. The van der Waals surface area contributed by atoms with Crippen molar-refractivity contribution in [1.29, 1.82) is 0 Å². The lowest BCUT2D eigenvalue weighted by atomic mass is 10.2. The molecule has 0 radical (unpaired) electrons. The number of ether oxygens (including phenoxy) is 1. The standard InChI is InChI=1S/C18H14ClFN2O2S2/c1-24-17(23)16-15(19)12-7-6-11(8-14(12)26-16)22-18(25)21-9-10-4-2-3-5-13(10)20/h2-8H,9H2,1H3,(H2,21,22,25). The van der Waals surface area contributed by atoms with Crippen LogP contribution in [0.5, 0.6) is 0 Å². The largest absolute Gasteiger partial charge is 0.465 e. The lowest BCUT2D eigenvalue weighted by Crippen LogP contribution is -2.28. The van der Waals surface area contributed by atoms with E-state index in [9.17, 15) is 9.18 Å². The van der Waals surface area contributed by atoms with E-state index in [1.165, 1.54) is 24.5 Å². The summed E-state index contributed by atoms with van der Waals surface area (Å²) in [5.74, 6) is -0.749. The molecule has 26 heavy (non-hydrogen) atoms. The van der Waals surface area contributed by atoms with Crippen molar-refractivity contribution in [2.45, 2.75) is 6.54 Å². The third kappa shape index (κ3) is 3.95. The predicted molar refractivity (Wildman–Crippen MR) is 108 cm³/mol. The molecule has 0 aliphatic rings. The quantitative estimate of drug-likeness (QED) is 0.471. The molecule has 1 heterocycles. The molecule has 1 aromatic heterocycles. The number of carbonyl (C=O) groups excluding carboxylic acids is 1. The van der Waals surface area contributed by atoms with Gasteiger partial charge in [-0.05, 0) is 36.5 Å². The zero-order valence-electron chi connectivity index (χ0n) is 13.6. The minimum absolute atomic E-state index is 0.276. The van der Waals surface area contributed by atoms with Gasteiger partial charge in [0.2, 0.25) is 0 Å². The number of hydrogen-bond acceptors (Lipinski definition) is 4. The number of nitrogens with one attached hydrogen (secondary N) is 2. The third-order valence-corrected chi connectivity index (χ3v) is 5.54. The molecule has 0 amide bonds. The summed E-state index contributed by atoms with van der Waals surface area (Å²) in [5.41, 5.74) is 1.26. The highest BCUT2D eigenvalue weighted by Gasteiger charge is 2.17. The molecule has 3 aromatic rings. The smallest absolute Gasteiger partial charge is 0.349 e. The summed E-state index contributed by atoms with van der Waals surface area (Å²) in [4.78, 5) is 12.1. The molecule has 0 aliphatic carbocycles. The molecular weight excluding hydrogens is 395 g/mol. The molecule has 4 nitrogen and oxygen atoms in total. The van der Waals surface area contributed by atoms with Crippen molar-refractivity contribution in [1.82, 2.24) is 5.32 Å². The van der Waals surface area contributed by atoms with Crippen LogP contribution in [0.4, 0.5) is 10.1 Å². The fourth-order valence-electron chi connectivity index (χ4n) is 2.36. The van der Waals surface area contributed by atoms with Gasteiger partial charge < -0.3 is 15.4 Å². The number of anilines is 1. The molecule has 0 unspecified atom stereocenters. The number of fused-ring (bicyclic) bond motifs is 1. The molecular formula is C18H14ClFN2O2S2. The van der Waals surface area contributed by atoms with Crippen LogP contribution in [0.2, 0.25) is 5.02 Å². The molecule has 2 N–H and O–H groups in total. The van der Waals surface area contributed by atoms with Gasteiger partial charge in [0.05, 0.1) is 12.1 Å². The number of thiophene rings is 1. The number of carbonyl (C=O) groups is 1. The highest BCUT2D eigenvalue weighted by atomic mass is 35.5. The maximum Gasteiger partial charge on any atom is 0.349 e. The third-order valence-electron chi connectivity index (χ3n) is 3.66. The first-order chi connectivity index (χ1) is 12.5. The van der Waals surface area contributed by atoms with Crippen molar-refractivity contribution < 1.29 is 13.9 Å². The Morgan fingerprint density at radius 1 is 1.31 bits per heavy atom. The number of esters is 1. The Morgan fingerprint density at radius 3 is 2.81 bits per heavy atom. The second kappa shape index (κ2) is 7.99. The van der Waals surface area contributed by atoms with Gasteiger partial charge in [0.15, 0.2) is 5.11 Å². The van der Waals surface area contributed by atoms with E-state index in [1.807, 2.05) is 12.1 Å². The van der Waals surface area contributed by atoms with Crippen LogP contribution in [0.1, 0.15) is 15.2 Å². The van der Waals surface area contributed by atoms with Crippen LogP contribution >= 0.6 is 35.2 Å². The minimum Gasteiger partial charge on any atom is -0.465 e. The van der Waals surface area contributed by atoms with Crippen LogP contribution in [0.15, 0.2) is 42.5 Å². The molecule has 8 heteroatoms. The first kappa shape index (κ1) is 18.6. The Balaban J connectivity index is 1.71. The minimum atomic E-state index is -0.465. The van der Waals surface area contributed by atoms with Crippen molar-refractivity contribution in [3.8, 4) is 0 Å². The first-order valence-corrected chi connectivity index (χ1v) is 9.18. The summed E-state index contributed by atoms with van der Waals surface area (Å²) in [6.45, 7) is 0.276. The van der Waals surface area contributed by atoms with Gasteiger partial charge in [-0.3, -0.25) is 0 Å². The van der Waals surface area contributed by atoms with E-state index in [4.69, 9.17) is 28.6 Å². The Kier molecular flexibility index (Phi) is 5.70. The summed E-state index contributed by atoms with van der Waals surface area (Å²) < 4.78 is 19.2. The van der Waals surface area contributed by atoms with Crippen LogP contribution in [-0.2, 0) is 11.3 Å². The topological polar surface area (TPSA) is 50.4 Å². The molecule has 0 spiro atoms. The van der Waals surface area contributed by atoms with E-state index in [-0.39, 0.29) is 12.4 Å². The number of methoxy groups -OCH3 is 1. The lowest BCUT2D eigenvalue weighted by Gasteiger charge is -2.11. The van der Waals surface area contributed by atoms with E-state index >= 15 is 0 Å². The molecule has 0 atom stereocenters. The fraction of sp³-hybridized carbons (Fsp3) is 0.111. The summed E-state index contributed by atoms with van der Waals surface area (Å²) in [5, 5.41) is 7.52. The highest BCUT2D eigenvalue weighted by Crippen LogP contribution is 2.37. The van der Waals surface area contributed by atoms with Gasteiger partial charge in [-0.25, -0.2) is 9.18 Å². The molecule has 0 fully saturated rings. The first-order valence-electron chi connectivity index (χ1n) is 7.58. The van der Waals surface area contributed by atoms with Gasteiger partial charge in [0.25, 0.3) is 0 Å². The Morgan fingerprint density at radius 2 is 2.08 bits per heavy atom. The molecule has 134 valence electrons. The monoisotopic (exact) mass is 408 g/mol. The van der Waals surface area contributed by atoms with Crippen molar-refractivity contribution in [2.24, 2.45) is 0 Å². The van der Waals surface area contributed by atoms with Gasteiger partial charge in [-0.2, -0.15) is 0 Å². The number of rotatable bonds is 4. The summed E-state index contributed by atoms with van der Waals surface area (Å²) in [7, 11) is 1.32. The highest BCUT2D eigenvalue weighted by molar-refractivity contribution is 7.80. The van der Waals surface area contributed by atoms with E-state index in [2.05, 4.69) is 10.6 Å². The lowest BCUT2D eigenvalue weighted by molar-refractivity contribution is 0.0606. The van der Waals surface area contributed by atoms with Gasteiger partial charge in [0, 0.05) is 27.9 Å². The van der Waals surface area contributed by atoms with Crippen molar-refractivity contribution in [2.75, 3.05) is 12.4 Å². The summed E-state index contributed by atoms with van der Waals surface area (Å²) in [6.07, 6.45) is 0. The average Bonchev–Trinajstić information content (AvgIpc) is 2.96.